The lowest BCUT2D eigenvalue weighted by Crippen LogP contribution is -2.30. The SMILES string of the molecule is C=C(NOC)c1cccc(CCCON2C(=O)c3ccccc3C2=O)n1. The van der Waals surface area contributed by atoms with Crippen LogP contribution in [0, 0.1) is 0 Å². The van der Waals surface area contributed by atoms with Gasteiger partial charge in [-0.2, -0.15) is 0 Å². The van der Waals surface area contributed by atoms with Crippen LogP contribution in [0.1, 0.15) is 38.5 Å². The molecule has 0 saturated heterocycles. The summed E-state index contributed by atoms with van der Waals surface area (Å²) in [6, 6.07) is 12.3. The summed E-state index contributed by atoms with van der Waals surface area (Å²) < 4.78 is 0. The van der Waals surface area contributed by atoms with E-state index in [1.807, 2.05) is 18.2 Å². The van der Waals surface area contributed by atoms with E-state index in [2.05, 4.69) is 17.0 Å². The number of hydrogen-bond donors (Lipinski definition) is 1. The molecule has 2 amide bonds. The Balaban J connectivity index is 1.52. The fraction of sp³-hybridized carbons (Fsp3) is 0.211. The number of carbonyl (C=O) groups excluding carboxylic acids is 2. The van der Waals surface area contributed by atoms with Gasteiger partial charge in [-0.3, -0.25) is 29.7 Å². The van der Waals surface area contributed by atoms with Crippen LogP contribution < -0.4 is 5.48 Å². The lowest BCUT2D eigenvalue weighted by atomic mass is 10.1. The van der Waals surface area contributed by atoms with Crippen molar-refractivity contribution in [2.24, 2.45) is 0 Å². The fourth-order valence-electron chi connectivity index (χ4n) is 2.66. The van der Waals surface area contributed by atoms with E-state index in [0.29, 0.717) is 35.4 Å². The highest BCUT2D eigenvalue weighted by Gasteiger charge is 2.36. The van der Waals surface area contributed by atoms with Crippen molar-refractivity contribution in [3.8, 4) is 0 Å². The molecule has 2 heterocycles. The minimum absolute atomic E-state index is 0.231. The third-order valence-electron chi connectivity index (χ3n) is 3.90. The van der Waals surface area contributed by atoms with Crippen LogP contribution in [0.3, 0.4) is 0 Å². The summed E-state index contributed by atoms with van der Waals surface area (Å²) in [5.41, 5.74) is 5.50. The maximum atomic E-state index is 12.2. The molecule has 1 aliphatic rings. The predicted octanol–water partition coefficient (Wildman–Crippen LogP) is 2.36. The summed E-state index contributed by atoms with van der Waals surface area (Å²) in [5, 5.41) is 0.832. The minimum Gasteiger partial charge on any atom is -0.279 e. The first-order valence-corrected chi connectivity index (χ1v) is 8.16. The number of benzene rings is 1. The second-order valence-corrected chi connectivity index (χ2v) is 5.69. The van der Waals surface area contributed by atoms with Crippen LogP contribution in [-0.2, 0) is 16.1 Å². The van der Waals surface area contributed by atoms with Gasteiger partial charge in [0.2, 0.25) is 0 Å². The Labute approximate surface area is 151 Å². The lowest BCUT2D eigenvalue weighted by Gasteiger charge is -2.13. The standard InChI is InChI=1S/C19H19N3O4/c1-13(21-25-2)17-11-5-7-14(20-17)8-6-12-26-22-18(23)15-9-3-4-10-16(15)19(22)24/h3-5,7,9-11,21H,1,6,8,12H2,2H3. The van der Waals surface area contributed by atoms with Gasteiger partial charge < -0.3 is 0 Å². The number of rotatable bonds is 8. The summed E-state index contributed by atoms with van der Waals surface area (Å²) in [7, 11) is 1.51. The molecule has 134 valence electrons. The van der Waals surface area contributed by atoms with Crippen molar-refractivity contribution in [3.63, 3.8) is 0 Å². The number of hydroxylamine groups is 3. The van der Waals surface area contributed by atoms with E-state index in [4.69, 9.17) is 9.68 Å². The smallest absolute Gasteiger partial charge is 0.279 e. The van der Waals surface area contributed by atoms with Crippen molar-refractivity contribution in [1.82, 2.24) is 15.5 Å². The van der Waals surface area contributed by atoms with E-state index in [-0.39, 0.29) is 6.61 Å². The van der Waals surface area contributed by atoms with Crippen LogP contribution in [0.4, 0.5) is 0 Å². The van der Waals surface area contributed by atoms with Crippen molar-refractivity contribution < 1.29 is 19.3 Å². The number of nitrogens with one attached hydrogen (secondary N) is 1. The van der Waals surface area contributed by atoms with E-state index in [1.165, 1.54) is 7.11 Å². The third kappa shape index (κ3) is 3.63. The van der Waals surface area contributed by atoms with Gasteiger partial charge in [0, 0.05) is 5.69 Å². The van der Waals surface area contributed by atoms with Gasteiger partial charge in [-0.15, -0.1) is 5.06 Å². The molecule has 0 fully saturated rings. The second kappa shape index (κ2) is 7.90. The van der Waals surface area contributed by atoms with Crippen LogP contribution in [0.2, 0.25) is 0 Å². The Kier molecular flexibility index (Phi) is 5.40. The summed E-state index contributed by atoms with van der Waals surface area (Å²) >= 11 is 0. The first-order valence-electron chi connectivity index (χ1n) is 8.16. The molecule has 1 aromatic carbocycles. The molecule has 0 bridgehead atoms. The maximum Gasteiger partial charge on any atom is 0.285 e. The molecule has 0 aliphatic carbocycles. The number of fused-ring (bicyclic) bond motifs is 1. The number of carbonyl (C=O) groups is 2. The van der Waals surface area contributed by atoms with E-state index < -0.39 is 11.8 Å². The van der Waals surface area contributed by atoms with E-state index in [1.54, 1.807) is 24.3 Å². The number of nitrogens with zero attached hydrogens (tertiary/aromatic N) is 2. The molecule has 0 spiro atoms. The van der Waals surface area contributed by atoms with Crippen molar-refractivity contribution in [1.29, 1.82) is 0 Å². The first-order chi connectivity index (χ1) is 12.6. The Morgan fingerprint density at radius 3 is 2.46 bits per heavy atom. The molecule has 0 radical (unpaired) electrons. The summed E-state index contributed by atoms with van der Waals surface area (Å²) in [5.74, 6) is -0.847. The summed E-state index contributed by atoms with van der Waals surface area (Å²) in [4.78, 5) is 39.1. The maximum absolute atomic E-state index is 12.2. The van der Waals surface area contributed by atoms with Gasteiger partial charge in [0.15, 0.2) is 0 Å². The fourth-order valence-corrected chi connectivity index (χ4v) is 2.66. The van der Waals surface area contributed by atoms with Gasteiger partial charge in [-0.05, 0) is 37.1 Å². The quantitative estimate of drug-likeness (QED) is 0.446. The van der Waals surface area contributed by atoms with Crippen molar-refractivity contribution >= 4 is 17.5 Å². The van der Waals surface area contributed by atoms with E-state index in [9.17, 15) is 9.59 Å². The average Bonchev–Trinajstić information content (AvgIpc) is 2.90. The van der Waals surface area contributed by atoms with Crippen LogP contribution in [0.15, 0.2) is 49.0 Å². The molecule has 1 aliphatic heterocycles. The molecule has 26 heavy (non-hydrogen) atoms. The lowest BCUT2D eigenvalue weighted by molar-refractivity contribution is -0.0918. The average molecular weight is 353 g/mol. The Morgan fingerprint density at radius 2 is 1.81 bits per heavy atom. The zero-order valence-electron chi connectivity index (χ0n) is 14.4. The number of pyridine rings is 1. The molecule has 0 saturated carbocycles. The van der Waals surface area contributed by atoms with Gasteiger partial charge in [0.05, 0.1) is 36.2 Å². The van der Waals surface area contributed by atoms with Crippen molar-refractivity contribution in [2.75, 3.05) is 13.7 Å². The van der Waals surface area contributed by atoms with Gasteiger partial charge in [-0.1, -0.05) is 24.8 Å². The molecule has 3 rings (SSSR count). The van der Waals surface area contributed by atoms with Crippen LogP contribution in [-0.4, -0.2) is 35.6 Å². The zero-order valence-corrected chi connectivity index (χ0v) is 14.4. The topological polar surface area (TPSA) is 80.8 Å². The van der Waals surface area contributed by atoms with E-state index >= 15 is 0 Å². The largest absolute Gasteiger partial charge is 0.285 e. The Morgan fingerprint density at radius 1 is 1.12 bits per heavy atom. The van der Waals surface area contributed by atoms with Gasteiger partial charge in [0.1, 0.15) is 0 Å². The van der Waals surface area contributed by atoms with Gasteiger partial charge in [0.25, 0.3) is 11.8 Å². The molecule has 0 unspecified atom stereocenters. The zero-order chi connectivity index (χ0) is 18.5. The summed E-state index contributed by atoms with van der Waals surface area (Å²) in [6.45, 7) is 4.07. The number of imide groups is 1. The molecule has 7 nitrogen and oxygen atoms in total. The number of amides is 2. The molecule has 7 heteroatoms. The highest BCUT2D eigenvalue weighted by molar-refractivity contribution is 6.20. The van der Waals surface area contributed by atoms with Crippen molar-refractivity contribution in [3.05, 3.63) is 71.6 Å². The van der Waals surface area contributed by atoms with E-state index in [0.717, 1.165) is 10.8 Å². The monoisotopic (exact) mass is 353 g/mol. The second-order valence-electron chi connectivity index (χ2n) is 5.69. The highest BCUT2D eigenvalue weighted by Crippen LogP contribution is 2.22. The molecule has 2 aromatic rings. The number of aryl methyl sites for hydroxylation is 1. The highest BCUT2D eigenvalue weighted by atomic mass is 16.7. The van der Waals surface area contributed by atoms with Gasteiger partial charge >= 0.3 is 0 Å². The molecule has 1 N–H and O–H groups in total. The molecule has 0 atom stereocenters. The minimum atomic E-state index is -0.423. The normalized spacial score (nSPS) is 13.0. The molecular weight excluding hydrogens is 334 g/mol. The molecular formula is C19H19N3O4. The molecule has 1 aromatic heterocycles. The third-order valence-corrected chi connectivity index (χ3v) is 3.90. The number of hydrogen-bond acceptors (Lipinski definition) is 6. The van der Waals surface area contributed by atoms with Crippen LogP contribution in [0.25, 0.3) is 5.70 Å². The Hall–Kier alpha value is -3.03. The number of aromatic nitrogens is 1. The predicted molar refractivity (Wildman–Crippen MR) is 94.6 cm³/mol. The van der Waals surface area contributed by atoms with Crippen LogP contribution in [0.5, 0.6) is 0 Å². The van der Waals surface area contributed by atoms with Gasteiger partial charge in [-0.25, -0.2) is 0 Å². The van der Waals surface area contributed by atoms with Crippen molar-refractivity contribution in [2.45, 2.75) is 12.8 Å². The summed E-state index contributed by atoms with van der Waals surface area (Å²) in [6.07, 6.45) is 1.24. The van der Waals surface area contributed by atoms with Crippen LogP contribution >= 0.6 is 0 Å². The first kappa shape index (κ1) is 17.8. The Bertz CT molecular complexity index is 815.